The molecule has 1 aliphatic heterocycles. The molecule has 2 aromatic heterocycles. The van der Waals surface area contributed by atoms with Crippen molar-refractivity contribution in [3.8, 4) is 11.1 Å². The number of pyridine rings is 2. The number of aromatic nitrogens is 2. The van der Waals surface area contributed by atoms with E-state index in [1.54, 1.807) is 24.7 Å². The monoisotopic (exact) mass is 449 g/mol. The van der Waals surface area contributed by atoms with Gasteiger partial charge in [-0.05, 0) is 55.4 Å². The van der Waals surface area contributed by atoms with Crippen molar-refractivity contribution in [1.29, 1.82) is 0 Å². The van der Waals surface area contributed by atoms with Crippen LogP contribution in [0.15, 0.2) is 53.7 Å². The Bertz CT molecular complexity index is 1000. The number of nitrogens with one attached hydrogen (secondary N) is 2. The molecule has 7 nitrogen and oxygen atoms in total. The highest BCUT2D eigenvalue weighted by Gasteiger charge is 2.32. The van der Waals surface area contributed by atoms with Gasteiger partial charge in [-0.3, -0.25) is 14.6 Å². The van der Waals surface area contributed by atoms with Crippen LogP contribution in [-0.2, 0) is 4.79 Å². The number of nitrogens with zero attached hydrogens (tertiary/aromatic N) is 3. The molecule has 1 saturated heterocycles. The lowest BCUT2D eigenvalue weighted by atomic mass is 10.0. The van der Waals surface area contributed by atoms with Gasteiger partial charge < -0.3 is 20.1 Å². The summed E-state index contributed by atoms with van der Waals surface area (Å²) in [6.07, 6.45) is 13.1. The van der Waals surface area contributed by atoms with Gasteiger partial charge in [0, 0.05) is 68.5 Å². The molecule has 0 aromatic carbocycles. The number of anilines is 1. The molecule has 7 heteroatoms. The molecule has 2 aliphatic rings. The molecule has 2 N–H and O–H groups in total. The van der Waals surface area contributed by atoms with Crippen molar-refractivity contribution in [3.63, 3.8) is 0 Å². The smallest absolute Gasteiger partial charge is 0.271 e. The lowest BCUT2D eigenvalue weighted by Crippen LogP contribution is -2.48. The van der Waals surface area contributed by atoms with Crippen LogP contribution < -0.4 is 15.8 Å². The third kappa shape index (κ3) is 6.32. The first-order chi connectivity index (χ1) is 16.0. The Balaban J connectivity index is 1.45. The van der Waals surface area contributed by atoms with Crippen LogP contribution in [0.4, 0.5) is 5.69 Å². The molecule has 2 fully saturated rings. The van der Waals surface area contributed by atoms with E-state index in [0.29, 0.717) is 31.6 Å². The number of piperidine rings is 1. The minimum absolute atomic E-state index is 0.0486. The minimum Gasteiger partial charge on any atom is -0.364 e. The van der Waals surface area contributed by atoms with Crippen molar-refractivity contribution in [1.82, 2.24) is 20.2 Å². The molecule has 0 unspecified atom stereocenters. The fraction of sp³-hybridized carbons (Fsp3) is 0.500. The van der Waals surface area contributed by atoms with Crippen LogP contribution in [0.25, 0.3) is 11.1 Å². The number of H-pyrrole nitrogens is 1. The summed E-state index contributed by atoms with van der Waals surface area (Å²) in [7, 11) is 0. The topological polar surface area (TPSA) is 81.3 Å². The van der Waals surface area contributed by atoms with Crippen LogP contribution in [0.3, 0.4) is 0 Å². The predicted octanol–water partition coefficient (Wildman–Crippen LogP) is 3.20. The summed E-state index contributed by atoms with van der Waals surface area (Å²) >= 11 is 0. The number of hydrogen-bond donors (Lipinski definition) is 2. The highest BCUT2D eigenvalue weighted by Crippen LogP contribution is 2.34. The summed E-state index contributed by atoms with van der Waals surface area (Å²) in [5.41, 5.74) is 2.71. The van der Waals surface area contributed by atoms with Crippen LogP contribution in [0.5, 0.6) is 0 Å². The zero-order valence-corrected chi connectivity index (χ0v) is 19.7. The summed E-state index contributed by atoms with van der Waals surface area (Å²) in [6.45, 7) is 7.22. The van der Waals surface area contributed by atoms with Gasteiger partial charge in [-0.25, -0.2) is 0 Å². The minimum atomic E-state index is -0.0486. The lowest BCUT2D eigenvalue weighted by molar-refractivity contribution is -0.127. The Hall–Kier alpha value is -2.93. The number of hydrogen-bond acceptors (Lipinski definition) is 5. The molecule has 3 heterocycles. The molecule has 176 valence electrons. The first kappa shape index (κ1) is 23.2. The maximum Gasteiger partial charge on any atom is 0.271 e. The lowest BCUT2D eigenvalue weighted by Gasteiger charge is -2.39. The zero-order valence-electron chi connectivity index (χ0n) is 19.7. The molecule has 1 amide bonds. The second-order valence-electron chi connectivity index (χ2n) is 9.46. The first-order valence-corrected chi connectivity index (χ1v) is 12.1. The van der Waals surface area contributed by atoms with Crippen molar-refractivity contribution < 1.29 is 4.79 Å². The van der Waals surface area contributed by atoms with Crippen molar-refractivity contribution in [2.75, 3.05) is 31.1 Å². The Morgan fingerprint density at radius 3 is 2.61 bits per heavy atom. The van der Waals surface area contributed by atoms with Gasteiger partial charge in [0.25, 0.3) is 5.56 Å². The standard InChI is InChI=1S/C26H35N5O2/c1-19(2)28-11-3-4-25(32)30-14-9-23(10-15-30)31(18-20-5-6-20)24-16-22(17-29-26(24)33)21-7-12-27-13-8-21/h3-4,7-8,12-13,16-17,19-20,23,28H,5-6,9-11,14-15,18H2,1-2H3,(H,29,33)/b4-3+. The average Bonchev–Trinajstić information content (AvgIpc) is 3.66. The van der Waals surface area contributed by atoms with Crippen LogP contribution in [-0.4, -0.2) is 59.0 Å². The van der Waals surface area contributed by atoms with Gasteiger partial charge in [0.1, 0.15) is 5.69 Å². The van der Waals surface area contributed by atoms with E-state index < -0.39 is 0 Å². The number of likely N-dealkylation sites (tertiary alicyclic amines) is 1. The fourth-order valence-electron chi connectivity index (χ4n) is 4.39. The molecule has 1 saturated carbocycles. The Morgan fingerprint density at radius 2 is 1.94 bits per heavy atom. The number of aromatic amines is 1. The molecule has 0 spiro atoms. The van der Waals surface area contributed by atoms with Crippen LogP contribution in [0.1, 0.15) is 39.5 Å². The number of rotatable bonds is 9. The molecule has 0 atom stereocenters. The maximum absolute atomic E-state index is 12.9. The average molecular weight is 450 g/mol. The van der Waals surface area contributed by atoms with Gasteiger partial charge >= 0.3 is 0 Å². The molecular weight excluding hydrogens is 414 g/mol. The van der Waals surface area contributed by atoms with Gasteiger partial charge in [-0.1, -0.05) is 19.9 Å². The summed E-state index contributed by atoms with van der Waals surface area (Å²) in [6, 6.07) is 6.58. The Labute approximate surface area is 195 Å². The van der Waals surface area contributed by atoms with Gasteiger partial charge in [-0.2, -0.15) is 0 Å². The molecule has 0 bridgehead atoms. The Kier molecular flexibility index (Phi) is 7.60. The van der Waals surface area contributed by atoms with E-state index in [2.05, 4.69) is 34.0 Å². The normalized spacial score (nSPS) is 17.1. The molecular formula is C26H35N5O2. The summed E-state index contributed by atoms with van der Waals surface area (Å²) < 4.78 is 0. The van der Waals surface area contributed by atoms with Crippen LogP contribution in [0, 0.1) is 5.92 Å². The fourth-order valence-corrected chi connectivity index (χ4v) is 4.39. The molecule has 4 rings (SSSR count). The third-order valence-corrected chi connectivity index (χ3v) is 6.48. The number of amides is 1. The van der Waals surface area contributed by atoms with Crippen LogP contribution >= 0.6 is 0 Å². The second-order valence-corrected chi connectivity index (χ2v) is 9.46. The number of carbonyl (C=O) groups excluding carboxylic acids is 1. The third-order valence-electron chi connectivity index (χ3n) is 6.48. The molecule has 1 aliphatic carbocycles. The SMILES string of the molecule is CC(C)NC/C=C/C(=O)N1CCC(N(CC2CC2)c2cc(-c3ccncc3)c[nH]c2=O)CC1. The second kappa shape index (κ2) is 10.8. The summed E-state index contributed by atoms with van der Waals surface area (Å²) in [5, 5.41) is 3.29. The quantitative estimate of drug-likeness (QED) is 0.575. The maximum atomic E-state index is 12.9. The summed E-state index contributed by atoms with van der Waals surface area (Å²) in [4.78, 5) is 36.7. The van der Waals surface area contributed by atoms with E-state index in [1.807, 2.05) is 29.2 Å². The predicted molar refractivity (Wildman–Crippen MR) is 132 cm³/mol. The zero-order chi connectivity index (χ0) is 23.2. The molecule has 33 heavy (non-hydrogen) atoms. The number of carbonyl (C=O) groups is 1. The van der Waals surface area contributed by atoms with E-state index in [0.717, 1.165) is 36.2 Å². The van der Waals surface area contributed by atoms with Crippen molar-refractivity contribution in [3.05, 3.63) is 59.3 Å². The van der Waals surface area contributed by atoms with E-state index in [9.17, 15) is 9.59 Å². The Morgan fingerprint density at radius 1 is 1.21 bits per heavy atom. The van der Waals surface area contributed by atoms with Gasteiger partial charge in [-0.15, -0.1) is 0 Å². The van der Waals surface area contributed by atoms with E-state index in [4.69, 9.17) is 0 Å². The van der Waals surface area contributed by atoms with Crippen molar-refractivity contribution in [2.24, 2.45) is 5.92 Å². The molecule has 2 aromatic rings. The van der Waals surface area contributed by atoms with Crippen molar-refractivity contribution in [2.45, 2.75) is 51.6 Å². The van der Waals surface area contributed by atoms with E-state index in [-0.39, 0.29) is 17.5 Å². The van der Waals surface area contributed by atoms with Crippen LogP contribution in [0.2, 0.25) is 0 Å². The van der Waals surface area contributed by atoms with Crippen molar-refractivity contribution >= 4 is 11.6 Å². The van der Waals surface area contributed by atoms with Gasteiger partial charge in [0.2, 0.25) is 5.91 Å². The van der Waals surface area contributed by atoms with E-state index >= 15 is 0 Å². The highest BCUT2D eigenvalue weighted by molar-refractivity contribution is 5.87. The van der Waals surface area contributed by atoms with E-state index in [1.165, 1.54) is 12.8 Å². The highest BCUT2D eigenvalue weighted by atomic mass is 16.2. The van der Waals surface area contributed by atoms with Gasteiger partial charge in [0.15, 0.2) is 0 Å². The summed E-state index contributed by atoms with van der Waals surface area (Å²) in [5.74, 6) is 0.732. The van der Waals surface area contributed by atoms with Gasteiger partial charge in [0.05, 0.1) is 0 Å². The molecule has 0 radical (unpaired) electrons. The largest absolute Gasteiger partial charge is 0.364 e. The first-order valence-electron chi connectivity index (χ1n) is 12.1.